The maximum absolute atomic E-state index is 12.9. The van der Waals surface area contributed by atoms with Gasteiger partial charge in [0.2, 0.25) is 5.91 Å². The Morgan fingerprint density at radius 1 is 0.967 bits per heavy atom. The molecule has 0 unspecified atom stereocenters. The highest BCUT2D eigenvalue weighted by atomic mass is 16.2. The van der Waals surface area contributed by atoms with Crippen LogP contribution in [0.5, 0.6) is 0 Å². The summed E-state index contributed by atoms with van der Waals surface area (Å²) in [6.45, 7) is 2.29. The number of carbonyl (C=O) groups is 1. The molecule has 30 heavy (non-hydrogen) atoms. The second kappa shape index (κ2) is 8.69. The summed E-state index contributed by atoms with van der Waals surface area (Å²) in [6.07, 6.45) is 4.02. The summed E-state index contributed by atoms with van der Waals surface area (Å²) in [5, 5.41) is 8.73. The Bertz CT molecular complexity index is 1230. The minimum absolute atomic E-state index is 0.129. The smallest absolute Gasteiger partial charge is 0.275 e. The van der Waals surface area contributed by atoms with Gasteiger partial charge in [-0.15, -0.1) is 0 Å². The zero-order valence-corrected chi connectivity index (χ0v) is 16.7. The Morgan fingerprint density at radius 3 is 2.47 bits per heavy atom. The molecule has 2 aromatic carbocycles. The standard InChI is InChI=1S/C24H22N4O2/c1-17-8-10-18(11-9-17)15-26-23(29)16-28-24(30)21-7-3-2-6-20(21)22(27-28)13-19-5-4-12-25-14-19/h2-12,14H,13,15-16H2,1H3,(H,26,29). The molecule has 0 aliphatic rings. The second-order valence-electron chi connectivity index (χ2n) is 7.26. The Kier molecular flexibility index (Phi) is 5.66. The molecule has 0 saturated carbocycles. The van der Waals surface area contributed by atoms with Gasteiger partial charge in [-0.25, -0.2) is 4.68 Å². The van der Waals surface area contributed by atoms with Crippen molar-refractivity contribution in [3.8, 4) is 0 Å². The molecule has 0 fully saturated rings. The predicted molar refractivity (Wildman–Crippen MR) is 116 cm³/mol. The Balaban J connectivity index is 1.58. The molecule has 0 saturated heterocycles. The average molecular weight is 398 g/mol. The van der Waals surface area contributed by atoms with E-state index >= 15 is 0 Å². The fraction of sp³-hybridized carbons (Fsp3) is 0.167. The molecule has 1 N–H and O–H groups in total. The molecule has 6 nitrogen and oxygen atoms in total. The Labute approximate surface area is 174 Å². The zero-order valence-electron chi connectivity index (χ0n) is 16.7. The van der Waals surface area contributed by atoms with Gasteiger partial charge in [0, 0.05) is 30.7 Å². The van der Waals surface area contributed by atoms with E-state index in [1.807, 2.05) is 61.5 Å². The molecule has 4 rings (SSSR count). The number of carbonyl (C=O) groups excluding carboxylic acids is 1. The lowest BCUT2D eigenvalue weighted by molar-refractivity contribution is -0.122. The van der Waals surface area contributed by atoms with E-state index in [9.17, 15) is 9.59 Å². The van der Waals surface area contributed by atoms with E-state index in [0.29, 0.717) is 18.4 Å². The first kappa shape index (κ1) is 19.5. The lowest BCUT2D eigenvalue weighted by Gasteiger charge is -2.11. The van der Waals surface area contributed by atoms with Gasteiger partial charge in [0.05, 0.1) is 11.1 Å². The van der Waals surface area contributed by atoms with Gasteiger partial charge in [-0.1, -0.05) is 54.1 Å². The molecular weight excluding hydrogens is 376 g/mol. The van der Waals surface area contributed by atoms with Crippen LogP contribution in [-0.2, 0) is 24.3 Å². The molecule has 4 aromatic rings. The minimum atomic E-state index is -0.272. The van der Waals surface area contributed by atoms with Crippen molar-refractivity contribution in [3.05, 3.63) is 106 Å². The summed E-state index contributed by atoms with van der Waals surface area (Å²) in [7, 11) is 0. The number of aromatic nitrogens is 3. The van der Waals surface area contributed by atoms with Crippen LogP contribution in [0.25, 0.3) is 10.8 Å². The topological polar surface area (TPSA) is 76.9 Å². The van der Waals surface area contributed by atoms with Crippen LogP contribution in [0.4, 0.5) is 0 Å². The first-order valence-electron chi connectivity index (χ1n) is 9.80. The lowest BCUT2D eigenvalue weighted by atomic mass is 10.1. The van der Waals surface area contributed by atoms with Crippen LogP contribution in [0.15, 0.2) is 77.9 Å². The van der Waals surface area contributed by atoms with Crippen molar-refractivity contribution < 1.29 is 4.79 Å². The number of pyridine rings is 1. The van der Waals surface area contributed by atoms with Crippen LogP contribution < -0.4 is 10.9 Å². The fourth-order valence-corrected chi connectivity index (χ4v) is 3.34. The van der Waals surface area contributed by atoms with Crippen molar-refractivity contribution in [2.75, 3.05) is 0 Å². The highest BCUT2D eigenvalue weighted by Gasteiger charge is 2.13. The van der Waals surface area contributed by atoms with Gasteiger partial charge in [0.15, 0.2) is 0 Å². The first-order valence-corrected chi connectivity index (χ1v) is 9.80. The van der Waals surface area contributed by atoms with Crippen molar-refractivity contribution >= 4 is 16.7 Å². The third-order valence-corrected chi connectivity index (χ3v) is 4.94. The normalized spacial score (nSPS) is 10.8. The molecule has 0 atom stereocenters. The lowest BCUT2D eigenvalue weighted by Crippen LogP contribution is -2.34. The Hall–Kier alpha value is -3.80. The summed E-state index contributed by atoms with van der Waals surface area (Å²) in [5.41, 5.74) is 3.63. The van der Waals surface area contributed by atoms with Crippen molar-refractivity contribution in [2.45, 2.75) is 26.4 Å². The van der Waals surface area contributed by atoms with E-state index in [4.69, 9.17) is 0 Å². The quantitative estimate of drug-likeness (QED) is 0.542. The molecule has 0 radical (unpaired) electrons. The molecule has 150 valence electrons. The second-order valence-corrected chi connectivity index (χ2v) is 7.26. The molecule has 0 aliphatic carbocycles. The number of benzene rings is 2. The van der Waals surface area contributed by atoms with Gasteiger partial charge in [0.25, 0.3) is 5.56 Å². The van der Waals surface area contributed by atoms with E-state index in [1.54, 1.807) is 18.5 Å². The van der Waals surface area contributed by atoms with Gasteiger partial charge in [-0.05, 0) is 30.2 Å². The maximum Gasteiger partial charge on any atom is 0.275 e. The highest BCUT2D eigenvalue weighted by molar-refractivity contribution is 5.84. The third-order valence-electron chi connectivity index (χ3n) is 4.94. The molecule has 2 heterocycles. The van der Waals surface area contributed by atoms with E-state index in [1.165, 1.54) is 4.68 Å². The summed E-state index contributed by atoms with van der Waals surface area (Å²) in [6, 6.07) is 19.1. The number of nitrogens with zero attached hydrogens (tertiary/aromatic N) is 3. The zero-order chi connectivity index (χ0) is 20.9. The van der Waals surface area contributed by atoms with Crippen LogP contribution in [0.2, 0.25) is 0 Å². The van der Waals surface area contributed by atoms with Crippen molar-refractivity contribution in [1.29, 1.82) is 0 Å². The number of fused-ring (bicyclic) bond motifs is 1. The van der Waals surface area contributed by atoms with E-state index in [-0.39, 0.29) is 18.0 Å². The molecule has 2 aromatic heterocycles. The monoisotopic (exact) mass is 398 g/mol. The van der Waals surface area contributed by atoms with Crippen LogP contribution in [0.1, 0.15) is 22.4 Å². The van der Waals surface area contributed by atoms with E-state index in [0.717, 1.165) is 27.8 Å². The van der Waals surface area contributed by atoms with Crippen LogP contribution in [0.3, 0.4) is 0 Å². The largest absolute Gasteiger partial charge is 0.350 e. The van der Waals surface area contributed by atoms with Gasteiger partial charge in [-0.3, -0.25) is 14.6 Å². The van der Waals surface area contributed by atoms with Crippen molar-refractivity contribution in [3.63, 3.8) is 0 Å². The maximum atomic E-state index is 12.9. The number of nitrogens with one attached hydrogen (secondary N) is 1. The highest BCUT2D eigenvalue weighted by Crippen LogP contribution is 2.16. The minimum Gasteiger partial charge on any atom is -0.350 e. The number of amides is 1. The molecular formula is C24H22N4O2. The number of aryl methyl sites for hydroxylation is 1. The van der Waals surface area contributed by atoms with E-state index < -0.39 is 0 Å². The summed E-state index contributed by atoms with van der Waals surface area (Å²) in [4.78, 5) is 29.5. The summed E-state index contributed by atoms with van der Waals surface area (Å²) < 4.78 is 1.25. The molecule has 0 spiro atoms. The Morgan fingerprint density at radius 2 is 1.73 bits per heavy atom. The molecule has 0 aliphatic heterocycles. The number of rotatable bonds is 6. The summed E-state index contributed by atoms with van der Waals surface area (Å²) in [5.74, 6) is -0.257. The van der Waals surface area contributed by atoms with Gasteiger partial charge < -0.3 is 5.32 Å². The van der Waals surface area contributed by atoms with Gasteiger partial charge in [-0.2, -0.15) is 5.10 Å². The predicted octanol–water partition coefficient (Wildman–Crippen LogP) is 3.01. The van der Waals surface area contributed by atoms with Crippen LogP contribution >= 0.6 is 0 Å². The van der Waals surface area contributed by atoms with Crippen molar-refractivity contribution in [1.82, 2.24) is 20.1 Å². The first-order chi connectivity index (χ1) is 14.6. The van der Waals surface area contributed by atoms with E-state index in [2.05, 4.69) is 15.4 Å². The SMILES string of the molecule is Cc1ccc(CNC(=O)Cn2nc(Cc3cccnc3)c3ccccc3c2=O)cc1. The van der Waals surface area contributed by atoms with Crippen LogP contribution in [-0.4, -0.2) is 20.7 Å². The number of hydrogen-bond acceptors (Lipinski definition) is 4. The van der Waals surface area contributed by atoms with Gasteiger partial charge in [0.1, 0.15) is 6.54 Å². The molecule has 6 heteroatoms. The van der Waals surface area contributed by atoms with Crippen LogP contribution in [0, 0.1) is 6.92 Å². The third kappa shape index (κ3) is 4.43. The molecule has 0 bridgehead atoms. The summed E-state index contributed by atoms with van der Waals surface area (Å²) >= 11 is 0. The average Bonchev–Trinajstić information content (AvgIpc) is 2.77. The van der Waals surface area contributed by atoms with Crippen molar-refractivity contribution in [2.24, 2.45) is 0 Å². The molecule has 1 amide bonds. The van der Waals surface area contributed by atoms with Gasteiger partial charge >= 0.3 is 0 Å². The fourth-order valence-electron chi connectivity index (χ4n) is 3.34. The number of hydrogen-bond donors (Lipinski definition) is 1.